The van der Waals surface area contributed by atoms with E-state index in [0.29, 0.717) is 22.5 Å². The van der Waals surface area contributed by atoms with Crippen LogP contribution < -0.4 is 0 Å². The Morgan fingerprint density at radius 1 is 0.230 bits per heavy atom. The molecule has 0 spiro atoms. The lowest BCUT2D eigenvalue weighted by Crippen LogP contribution is -2.04. The molecular formula is C68H40N6. The molecule has 0 N–H and O–H groups in total. The standard InChI is InChI=1S/C68H40N6/c69-41-47-40-66(74-62-26-14-10-22-54(62)58-36-44(30-34-64(58)74)46-28-32-56-52-20-8-12-24-60(52)72(68(56)38-46)50-17-5-2-6-18-50)48(42-70)39-65(47)73-61-25-13-9-21-53(61)57-35-43(29-33-63(57)73)45-27-31-55-51-19-7-11-23-59(51)71(67(55)37-45)49-15-3-1-4-16-49/h1-40H. The smallest absolute Gasteiger partial charge is 0.101 e. The van der Waals surface area contributed by atoms with Crippen molar-refractivity contribution < 1.29 is 0 Å². The zero-order valence-corrected chi connectivity index (χ0v) is 39.8. The number of nitrogens with zero attached hydrogens (tertiary/aromatic N) is 6. The predicted octanol–water partition coefficient (Wildman–Crippen LogP) is 17.2. The van der Waals surface area contributed by atoms with Crippen LogP contribution in [0.15, 0.2) is 243 Å². The van der Waals surface area contributed by atoms with Gasteiger partial charge < -0.3 is 18.3 Å². The van der Waals surface area contributed by atoms with E-state index in [2.05, 4.69) is 249 Å². The number of nitriles is 2. The molecule has 15 aromatic rings. The van der Waals surface area contributed by atoms with Gasteiger partial charge in [0, 0.05) is 54.5 Å². The molecule has 0 saturated carbocycles. The second-order valence-electron chi connectivity index (χ2n) is 19.1. The van der Waals surface area contributed by atoms with Crippen LogP contribution in [0.4, 0.5) is 0 Å². The van der Waals surface area contributed by atoms with Gasteiger partial charge in [-0.1, -0.05) is 146 Å². The molecular weight excluding hydrogens is 901 g/mol. The maximum absolute atomic E-state index is 11.1. The van der Waals surface area contributed by atoms with E-state index in [0.717, 1.165) is 88.3 Å². The van der Waals surface area contributed by atoms with E-state index in [1.807, 2.05) is 24.3 Å². The molecule has 0 aliphatic carbocycles. The molecule has 11 aromatic carbocycles. The predicted molar refractivity (Wildman–Crippen MR) is 304 cm³/mol. The summed E-state index contributed by atoms with van der Waals surface area (Å²) in [4.78, 5) is 0. The SMILES string of the molecule is N#Cc1cc(-n2c3ccccc3c3cc(-c4ccc5c6ccccc6n(-c6ccccc6)c5c4)ccc32)c(C#N)cc1-n1c2ccccc2c2cc(-c3ccc4c5ccccc5n(-c5ccccc5)c4c3)ccc21. The molecule has 0 unspecified atom stereocenters. The molecule has 6 heteroatoms. The maximum atomic E-state index is 11.1. The number of para-hydroxylation sites is 6. The summed E-state index contributed by atoms with van der Waals surface area (Å²) in [6.45, 7) is 0. The summed E-state index contributed by atoms with van der Waals surface area (Å²) < 4.78 is 9.01. The van der Waals surface area contributed by atoms with E-state index in [1.165, 1.54) is 32.6 Å². The summed E-state index contributed by atoms with van der Waals surface area (Å²) >= 11 is 0. The molecule has 0 aliphatic rings. The summed E-state index contributed by atoms with van der Waals surface area (Å²) in [6, 6.07) is 90.7. The fourth-order valence-electron chi connectivity index (χ4n) is 12.0. The lowest BCUT2D eigenvalue weighted by atomic mass is 10.0. The zero-order valence-electron chi connectivity index (χ0n) is 39.8. The first-order valence-corrected chi connectivity index (χ1v) is 24.9. The molecule has 0 atom stereocenters. The minimum Gasteiger partial charge on any atom is -0.309 e. The van der Waals surface area contributed by atoms with Gasteiger partial charge in [-0.2, -0.15) is 10.5 Å². The lowest BCUT2D eigenvalue weighted by molar-refractivity contribution is 1.12. The van der Waals surface area contributed by atoms with Crippen LogP contribution in [-0.2, 0) is 0 Å². The highest BCUT2D eigenvalue weighted by Gasteiger charge is 2.23. The summed E-state index contributed by atoms with van der Waals surface area (Å²) in [5.41, 5.74) is 17.3. The van der Waals surface area contributed by atoms with E-state index >= 15 is 0 Å². The van der Waals surface area contributed by atoms with Crippen molar-refractivity contribution >= 4 is 87.2 Å². The molecule has 4 heterocycles. The Balaban J connectivity index is 0.870. The molecule has 0 radical (unpaired) electrons. The van der Waals surface area contributed by atoms with Gasteiger partial charge >= 0.3 is 0 Å². The van der Waals surface area contributed by atoms with Crippen LogP contribution in [0.25, 0.3) is 132 Å². The summed E-state index contributed by atoms with van der Waals surface area (Å²) in [6.07, 6.45) is 0. The van der Waals surface area contributed by atoms with Crippen LogP contribution in [0.1, 0.15) is 11.1 Å². The monoisotopic (exact) mass is 940 g/mol. The van der Waals surface area contributed by atoms with Crippen molar-refractivity contribution in [3.8, 4) is 57.1 Å². The van der Waals surface area contributed by atoms with Crippen molar-refractivity contribution in [3.05, 3.63) is 254 Å². The van der Waals surface area contributed by atoms with E-state index in [-0.39, 0.29) is 0 Å². The van der Waals surface area contributed by atoms with Crippen molar-refractivity contribution in [1.29, 1.82) is 10.5 Å². The molecule has 4 aromatic heterocycles. The first-order chi connectivity index (χ1) is 36.6. The number of rotatable bonds is 6. The normalized spacial score (nSPS) is 11.8. The third-order valence-electron chi connectivity index (χ3n) is 15.2. The van der Waals surface area contributed by atoms with Gasteiger partial charge in [-0.3, -0.25) is 0 Å². The van der Waals surface area contributed by atoms with Crippen LogP contribution >= 0.6 is 0 Å². The molecule has 342 valence electrons. The summed E-state index contributed by atoms with van der Waals surface area (Å²) in [5.74, 6) is 0. The van der Waals surface area contributed by atoms with Gasteiger partial charge in [-0.15, -0.1) is 0 Å². The van der Waals surface area contributed by atoms with Gasteiger partial charge in [0.05, 0.1) is 66.6 Å². The van der Waals surface area contributed by atoms with Crippen molar-refractivity contribution in [2.24, 2.45) is 0 Å². The minimum absolute atomic E-state index is 0.467. The Labute approximate surface area is 424 Å². The second-order valence-corrected chi connectivity index (χ2v) is 19.1. The number of hydrogen-bond donors (Lipinski definition) is 0. The zero-order chi connectivity index (χ0) is 49.0. The van der Waals surface area contributed by atoms with Crippen LogP contribution in [0.2, 0.25) is 0 Å². The minimum atomic E-state index is 0.467. The Morgan fingerprint density at radius 2 is 0.527 bits per heavy atom. The average Bonchev–Trinajstić information content (AvgIpc) is 4.19. The molecule has 0 bridgehead atoms. The van der Waals surface area contributed by atoms with Crippen molar-refractivity contribution in [2.75, 3.05) is 0 Å². The Bertz CT molecular complexity index is 4600. The maximum Gasteiger partial charge on any atom is 0.101 e. The van der Waals surface area contributed by atoms with E-state index in [9.17, 15) is 10.5 Å². The molecule has 0 aliphatic heterocycles. The molecule has 0 fully saturated rings. The summed E-state index contributed by atoms with van der Waals surface area (Å²) in [5, 5.41) is 31.3. The van der Waals surface area contributed by atoms with Crippen molar-refractivity contribution in [1.82, 2.24) is 18.3 Å². The highest BCUT2D eigenvalue weighted by atomic mass is 15.0. The molecule has 15 rings (SSSR count). The molecule has 74 heavy (non-hydrogen) atoms. The van der Waals surface area contributed by atoms with Crippen molar-refractivity contribution in [3.63, 3.8) is 0 Å². The van der Waals surface area contributed by atoms with E-state index in [1.54, 1.807) is 0 Å². The first-order valence-electron chi connectivity index (χ1n) is 24.9. The quantitative estimate of drug-likeness (QED) is 0.167. The van der Waals surface area contributed by atoms with Crippen LogP contribution in [0.3, 0.4) is 0 Å². The van der Waals surface area contributed by atoms with Crippen LogP contribution in [0, 0.1) is 22.7 Å². The third-order valence-corrected chi connectivity index (χ3v) is 15.2. The van der Waals surface area contributed by atoms with E-state index in [4.69, 9.17) is 0 Å². The Kier molecular flexibility index (Phi) is 8.99. The first kappa shape index (κ1) is 41.4. The fraction of sp³-hybridized carbons (Fsp3) is 0. The molecule has 0 saturated heterocycles. The fourth-order valence-corrected chi connectivity index (χ4v) is 12.0. The number of fused-ring (bicyclic) bond motifs is 12. The second kappa shape index (κ2) is 16.1. The van der Waals surface area contributed by atoms with Crippen molar-refractivity contribution in [2.45, 2.75) is 0 Å². The van der Waals surface area contributed by atoms with Gasteiger partial charge in [0.2, 0.25) is 0 Å². The number of aromatic nitrogens is 4. The van der Waals surface area contributed by atoms with Gasteiger partial charge in [0.1, 0.15) is 12.1 Å². The van der Waals surface area contributed by atoms with Gasteiger partial charge in [-0.05, 0) is 119 Å². The van der Waals surface area contributed by atoms with Gasteiger partial charge in [-0.25, -0.2) is 0 Å². The summed E-state index contributed by atoms with van der Waals surface area (Å²) in [7, 11) is 0. The van der Waals surface area contributed by atoms with Crippen LogP contribution in [-0.4, -0.2) is 18.3 Å². The average molecular weight is 941 g/mol. The topological polar surface area (TPSA) is 67.3 Å². The number of hydrogen-bond acceptors (Lipinski definition) is 2. The van der Waals surface area contributed by atoms with E-state index < -0.39 is 0 Å². The van der Waals surface area contributed by atoms with Gasteiger partial charge in [0.15, 0.2) is 0 Å². The third kappa shape index (κ3) is 6.04. The highest BCUT2D eigenvalue weighted by molar-refractivity contribution is 6.15. The van der Waals surface area contributed by atoms with Crippen LogP contribution in [0.5, 0.6) is 0 Å². The highest BCUT2D eigenvalue weighted by Crippen LogP contribution is 2.42. The lowest BCUT2D eigenvalue weighted by Gasteiger charge is -2.16. The Morgan fingerprint density at radius 3 is 0.919 bits per heavy atom. The molecule has 6 nitrogen and oxygen atoms in total. The number of benzene rings is 11. The molecule has 0 amide bonds. The van der Waals surface area contributed by atoms with Gasteiger partial charge in [0.25, 0.3) is 0 Å². The largest absolute Gasteiger partial charge is 0.309 e. The Hall–Kier alpha value is -10.4.